The Morgan fingerprint density at radius 2 is 1.69 bits per heavy atom. The van der Waals surface area contributed by atoms with E-state index in [-0.39, 0.29) is 50.5 Å². The standard InChI is InChI=1S/C20H25ClF3N3O4S/c21-17-7-6-15(12-16(17)20(22,23)24)32(30,31)27-10-8-26(9-11-27)18(28)13-25-19(29)14-4-2-1-3-5-14/h6-7,12,14H,1-5,8-11,13H2,(H,25,29). The van der Waals surface area contributed by atoms with Crippen LogP contribution in [0.1, 0.15) is 37.7 Å². The van der Waals surface area contributed by atoms with Gasteiger partial charge in [-0.1, -0.05) is 30.9 Å². The van der Waals surface area contributed by atoms with Crippen LogP contribution in [0.25, 0.3) is 0 Å². The summed E-state index contributed by atoms with van der Waals surface area (Å²) < 4.78 is 65.9. The monoisotopic (exact) mass is 495 g/mol. The van der Waals surface area contributed by atoms with Crippen molar-refractivity contribution in [2.45, 2.75) is 43.2 Å². The lowest BCUT2D eigenvalue weighted by atomic mass is 9.89. The molecule has 1 heterocycles. The number of nitrogens with zero attached hydrogens (tertiary/aromatic N) is 2. The number of halogens is 4. The number of benzene rings is 1. The summed E-state index contributed by atoms with van der Waals surface area (Å²) in [6, 6.07) is 2.47. The number of piperazine rings is 1. The molecule has 0 radical (unpaired) electrons. The Balaban J connectivity index is 1.56. The molecule has 7 nitrogen and oxygen atoms in total. The average molecular weight is 496 g/mol. The number of amides is 2. The van der Waals surface area contributed by atoms with Crippen LogP contribution in [-0.2, 0) is 25.8 Å². The molecule has 1 saturated carbocycles. The van der Waals surface area contributed by atoms with Crippen LogP contribution in [0.2, 0.25) is 5.02 Å². The molecule has 2 amide bonds. The van der Waals surface area contributed by atoms with Gasteiger partial charge in [-0.3, -0.25) is 9.59 Å². The highest BCUT2D eigenvalue weighted by Crippen LogP contribution is 2.36. The summed E-state index contributed by atoms with van der Waals surface area (Å²) in [4.78, 5) is 25.5. The molecule has 0 spiro atoms. The topological polar surface area (TPSA) is 86.8 Å². The fourth-order valence-corrected chi connectivity index (χ4v) is 5.67. The van der Waals surface area contributed by atoms with Crippen LogP contribution in [-0.4, -0.2) is 62.2 Å². The van der Waals surface area contributed by atoms with Gasteiger partial charge >= 0.3 is 6.18 Å². The van der Waals surface area contributed by atoms with E-state index in [1.54, 1.807) is 0 Å². The van der Waals surface area contributed by atoms with E-state index in [9.17, 15) is 31.2 Å². The first-order valence-electron chi connectivity index (χ1n) is 10.4. The van der Waals surface area contributed by atoms with Crippen LogP contribution in [0, 0.1) is 5.92 Å². The van der Waals surface area contributed by atoms with Gasteiger partial charge in [0, 0.05) is 32.1 Å². The molecule has 1 saturated heterocycles. The van der Waals surface area contributed by atoms with Gasteiger partial charge in [0.2, 0.25) is 21.8 Å². The van der Waals surface area contributed by atoms with Crippen LogP contribution in [0.5, 0.6) is 0 Å². The van der Waals surface area contributed by atoms with E-state index in [0.717, 1.165) is 48.5 Å². The van der Waals surface area contributed by atoms with Crippen LogP contribution in [0.4, 0.5) is 13.2 Å². The Hall–Kier alpha value is -1.85. The largest absolute Gasteiger partial charge is 0.417 e. The normalized spacial score (nSPS) is 19.1. The van der Waals surface area contributed by atoms with Gasteiger partial charge in [-0.2, -0.15) is 17.5 Å². The summed E-state index contributed by atoms with van der Waals surface area (Å²) in [6.45, 7) is -0.119. The van der Waals surface area contributed by atoms with Crippen molar-refractivity contribution in [2.75, 3.05) is 32.7 Å². The zero-order chi connectivity index (χ0) is 23.5. The van der Waals surface area contributed by atoms with Gasteiger partial charge in [0.05, 0.1) is 22.0 Å². The first-order chi connectivity index (χ1) is 15.0. The zero-order valence-electron chi connectivity index (χ0n) is 17.3. The maximum absolute atomic E-state index is 13.1. The van der Waals surface area contributed by atoms with E-state index in [2.05, 4.69) is 5.32 Å². The molecule has 1 N–H and O–H groups in total. The van der Waals surface area contributed by atoms with Crippen molar-refractivity contribution in [3.63, 3.8) is 0 Å². The summed E-state index contributed by atoms with van der Waals surface area (Å²) in [5.74, 6) is -0.529. The number of carbonyl (C=O) groups is 2. The molecular formula is C20H25ClF3N3O4S. The summed E-state index contributed by atoms with van der Waals surface area (Å²) in [5, 5.41) is 2.08. The highest BCUT2D eigenvalue weighted by atomic mass is 35.5. The van der Waals surface area contributed by atoms with E-state index in [0.29, 0.717) is 6.07 Å². The lowest BCUT2D eigenvalue weighted by molar-refractivity contribution is -0.137. The molecule has 1 aliphatic heterocycles. The highest BCUT2D eigenvalue weighted by Gasteiger charge is 2.36. The van der Waals surface area contributed by atoms with Gasteiger partial charge in [0.15, 0.2) is 0 Å². The second-order valence-corrected chi connectivity index (χ2v) is 10.3. The van der Waals surface area contributed by atoms with Crippen LogP contribution in [0.3, 0.4) is 0 Å². The van der Waals surface area contributed by atoms with Gasteiger partial charge in [-0.15, -0.1) is 0 Å². The quantitative estimate of drug-likeness (QED) is 0.680. The maximum Gasteiger partial charge on any atom is 0.417 e. The van der Waals surface area contributed by atoms with Crippen LogP contribution >= 0.6 is 11.6 Å². The lowest BCUT2D eigenvalue weighted by Crippen LogP contribution is -2.52. The van der Waals surface area contributed by atoms with E-state index < -0.39 is 31.7 Å². The minimum atomic E-state index is -4.78. The highest BCUT2D eigenvalue weighted by molar-refractivity contribution is 7.89. The van der Waals surface area contributed by atoms with Crippen molar-refractivity contribution < 1.29 is 31.2 Å². The first kappa shape index (κ1) is 24.8. The number of rotatable bonds is 5. The molecule has 0 bridgehead atoms. The molecule has 1 aromatic rings. The number of hydrogen-bond donors (Lipinski definition) is 1. The molecule has 0 atom stereocenters. The van der Waals surface area contributed by atoms with Gasteiger partial charge in [-0.05, 0) is 31.0 Å². The molecule has 3 rings (SSSR count). The number of sulfonamides is 1. The Morgan fingerprint density at radius 1 is 1.06 bits per heavy atom. The van der Waals surface area contributed by atoms with Crippen molar-refractivity contribution >= 4 is 33.4 Å². The number of nitrogens with one attached hydrogen (secondary N) is 1. The molecular weight excluding hydrogens is 471 g/mol. The van der Waals surface area contributed by atoms with Gasteiger partial charge < -0.3 is 10.2 Å². The Kier molecular flexibility index (Phi) is 7.72. The number of hydrogen-bond acceptors (Lipinski definition) is 4. The van der Waals surface area contributed by atoms with Gasteiger partial charge in [0.1, 0.15) is 0 Å². The number of alkyl halides is 3. The van der Waals surface area contributed by atoms with E-state index in [1.165, 1.54) is 4.90 Å². The molecule has 178 valence electrons. The second-order valence-electron chi connectivity index (χ2n) is 7.98. The van der Waals surface area contributed by atoms with Crippen molar-refractivity contribution in [3.8, 4) is 0 Å². The van der Waals surface area contributed by atoms with Crippen molar-refractivity contribution in [2.24, 2.45) is 5.92 Å². The first-order valence-corrected chi connectivity index (χ1v) is 12.2. The Bertz CT molecular complexity index is 957. The van der Waals surface area contributed by atoms with Crippen molar-refractivity contribution in [1.29, 1.82) is 0 Å². The molecule has 0 unspecified atom stereocenters. The molecule has 2 aliphatic rings. The predicted octanol–water partition coefficient (Wildman–Crippen LogP) is 2.89. The number of carbonyl (C=O) groups excluding carboxylic acids is 2. The fraction of sp³-hybridized carbons (Fsp3) is 0.600. The fourth-order valence-electron chi connectivity index (χ4n) is 3.99. The minimum absolute atomic E-state index is 0.0609. The van der Waals surface area contributed by atoms with Crippen molar-refractivity contribution in [1.82, 2.24) is 14.5 Å². The van der Waals surface area contributed by atoms with Gasteiger partial charge in [-0.25, -0.2) is 8.42 Å². The molecule has 0 aromatic heterocycles. The third-order valence-corrected chi connectivity index (χ3v) is 8.09. The zero-order valence-corrected chi connectivity index (χ0v) is 18.9. The van der Waals surface area contributed by atoms with E-state index >= 15 is 0 Å². The van der Waals surface area contributed by atoms with Crippen molar-refractivity contribution in [3.05, 3.63) is 28.8 Å². The molecule has 1 aliphatic carbocycles. The second kappa shape index (κ2) is 9.96. The molecule has 32 heavy (non-hydrogen) atoms. The summed E-state index contributed by atoms with van der Waals surface area (Å²) in [5.41, 5.74) is -1.22. The summed E-state index contributed by atoms with van der Waals surface area (Å²) in [6.07, 6.45) is -0.0328. The third-order valence-electron chi connectivity index (χ3n) is 5.86. The van der Waals surface area contributed by atoms with Crippen LogP contribution < -0.4 is 5.32 Å². The smallest absolute Gasteiger partial charge is 0.347 e. The molecule has 12 heteroatoms. The minimum Gasteiger partial charge on any atom is -0.347 e. The summed E-state index contributed by atoms with van der Waals surface area (Å²) in [7, 11) is -4.18. The Labute approximate surface area is 189 Å². The lowest BCUT2D eigenvalue weighted by Gasteiger charge is -2.34. The SMILES string of the molecule is O=C(NCC(=O)N1CCN(S(=O)(=O)c2ccc(Cl)c(C(F)(F)F)c2)CC1)C1CCCCC1. The molecule has 2 fully saturated rings. The predicted molar refractivity (Wildman–Crippen MR) is 111 cm³/mol. The molecule has 1 aromatic carbocycles. The maximum atomic E-state index is 13.1. The summed E-state index contributed by atoms with van der Waals surface area (Å²) >= 11 is 5.57. The average Bonchev–Trinajstić information content (AvgIpc) is 2.77. The van der Waals surface area contributed by atoms with E-state index in [1.807, 2.05) is 0 Å². The Morgan fingerprint density at radius 3 is 2.28 bits per heavy atom. The third kappa shape index (κ3) is 5.74. The van der Waals surface area contributed by atoms with E-state index in [4.69, 9.17) is 11.6 Å². The van der Waals surface area contributed by atoms with Crippen LogP contribution in [0.15, 0.2) is 23.1 Å². The van der Waals surface area contributed by atoms with Gasteiger partial charge in [0.25, 0.3) is 0 Å².